The van der Waals surface area contributed by atoms with Crippen LogP contribution in [0.25, 0.3) is 0 Å². The summed E-state index contributed by atoms with van der Waals surface area (Å²) in [5, 5.41) is 0. The zero-order chi connectivity index (χ0) is 38.5. The molecule has 0 rings (SSSR count). The molecule has 0 aliphatic heterocycles. The van der Waals surface area contributed by atoms with E-state index in [1.165, 1.54) is 122 Å². The molecule has 0 aromatic rings. The highest BCUT2D eigenvalue weighted by atomic mass is 16.6. The van der Waals surface area contributed by atoms with Crippen molar-refractivity contribution in [1.29, 1.82) is 0 Å². The number of hydrogen-bond acceptors (Lipinski definition) is 6. The van der Waals surface area contributed by atoms with Crippen molar-refractivity contribution in [2.24, 2.45) is 17.8 Å². The predicted octanol–water partition coefficient (Wildman–Crippen LogP) is 14.0. The summed E-state index contributed by atoms with van der Waals surface area (Å²) >= 11 is 0. The van der Waals surface area contributed by atoms with Crippen molar-refractivity contribution in [3.8, 4) is 0 Å². The van der Waals surface area contributed by atoms with Crippen molar-refractivity contribution in [2.75, 3.05) is 13.2 Å². The summed E-state index contributed by atoms with van der Waals surface area (Å²) in [6, 6.07) is 0. The lowest BCUT2D eigenvalue weighted by Crippen LogP contribution is -2.30. The Morgan fingerprint density at radius 2 is 0.558 bits per heavy atom. The highest BCUT2D eigenvalue weighted by molar-refractivity contribution is 5.71. The maximum absolute atomic E-state index is 12.7. The van der Waals surface area contributed by atoms with E-state index in [0.29, 0.717) is 19.3 Å². The molecule has 0 N–H and O–H groups in total. The minimum absolute atomic E-state index is 0.0668. The van der Waals surface area contributed by atoms with E-state index in [1.807, 2.05) is 0 Å². The second-order valence-electron chi connectivity index (χ2n) is 17.1. The summed E-state index contributed by atoms with van der Waals surface area (Å²) in [6.45, 7) is 13.6. The number of carbonyl (C=O) groups excluding carboxylic acids is 3. The Bertz CT molecular complexity index is 807. The van der Waals surface area contributed by atoms with E-state index >= 15 is 0 Å². The lowest BCUT2D eigenvalue weighted by Gasteiger charge is -2.18. The second-order valence-corrected chi connectivity index (χ2v) is 17.1. The van der Waals surface area contributed by atoms with Gasteiger partial charge in [0.25, 0.3) is 0 Å². The zero-order valence-electron chi connectivity index (χ0n) is 35.6. The molecule has 0 spiro atoms. The van der Waals surface area contributed by atoms with Crippen LogP contribution in [0.5, 0.6) is 0 Å². The Hall–Kier alpha value is -1.59. The number of ether oxygens (including phenoxy) is 3. The maximum Gasteiger partial charge on any atom is 0.306 e. The fourth-order valence-electron chi connectivity index (χ4n) is 6.70. The monoisotopic (exact) mass is 737 g/mol. The molecule has 0 amide bonds. The van der Waals surface area contributed by atoms with Crippen molar-refractivity contribution in [1.82, 2.24) is 0 Å². The summed E-state index contributed by atoms with van der Waals surface area (Å²) in [6.07, 6.45) is 33.9. The minimum atomic E-state index is -0.762. The van der Waals surface area contributed by atoms with Crippen molar-refractivity contribution in [3.05, 3.63) is 0 Å². The van der Waals surface area contributed by atoms with Crippen molar-refractivity contribution < 1.29 is 28.6 Å². The Labute approximate surface area is 323 Å². The van der Waals surface area contributed by atoms with Crippen molar-refractivity contribution in [2.45, 2.75) is 247 Å². The van der Waals surface area contributed by atoms with E-state index in [0.717, 1.165) is 75.5 Å². The van der Waals surface area contributed by atoms with Crippen molar-refractivity contribution in [3.63, 3.8) is 0 Å². The van der Waals surface area contributed by atoms with Gasteiger partial charge in [-0.15, -0.1) is 0 Å². The van der Waals surface area contributed by atoms with Gasteiger partial charge in [-0.05, 0) is 37.0 Å². The van der Waals surface area contributed by atoms with Gasteiger partial charge in [-0.25, -0.2) is 0 Å². The smallest absolute Gasteiger partial charge is 0.306 e. The highest BCUT2D eigenvalue weighted by Crippen LogP contribution is 2.16. The molecule has 0 radical (unpaired) electrons. The van der Waals surface area contributed by atoms with E-state index in [2.05, 4.69) is 41.5 Å². The molecule has 0 heterocycles. The van der Waals surface area contributed by atoms with Crippen LogP contribution in [0.4, 0.5) is 0 Å². The Morgan fingerprint density at radius 1 is 0.327 bits per heavy atom. The molecule has 308 valence electrons. The summed E-state index contributed by atoms with van der Waals surface area (Å²) in [5.74, 6) is 1.53. The van der Waals surface area contributed by atoms with Gasteiger partial charge in [0.05, 0.1) is 0 Å². The molecule has 6 nitrogen and oxygen atoms in total. The molecule has 0 bridgehead atoms. The molecule has 0 aromatic heterocycles. The van der Waals surface area contributed by atoms with E-state index in [4.69, 9.17) is 14.2 Å². The molecule has 6 heteroatoms. The third kappa shape index (κ3) is 39.6. The summed E-state index contributed by atoms with van der Waals surface area (Å²) in [4.78, 5) is 37.7. The molecule has 0 fully saturated rings. The van der Waals surface area contributed by atoms with Gasteiger partial charge in [0.1, 0.15) is 13.2 Å². The maximum atomic E-state index is 12.7. The van der Waals surface area contributed by atoms with Gasteiger partial charge in [0, 0.05) is 19.3 Å². The van der Waals surface area contributed by atoms with Crippen LogP contribution >= 0.6 is 0 Å². The lowest BCUT2D eigenvalue weighted by atomic mass is 10.0. The number of esters is 3. The number of carbonyl (C=O) groups is 3. The molecular formula is C46H88O6. The SMILES string of the molecule is CC(C)CCCCCCCCCCCCC(=O)OC[C@H](COC(=O)CCCCCCCCCC(C)C)OC(=O)CCCCCCCCCCC(C)C. The van der Waals surface area contributed by atoms with Gasteiger partial charge in [-0.1, -0.05) is 202 Å². The average Bonchev–Trinajstić information content (AvgIpc) is 3.09. The van der Waals surface area contributed by atoms with Crippen LogP contribution in [-0.2, 0) is 28.6 Å². The minimum Gasteiger partial charge on any atom is -0.462 e. The van der Waals surface area contributed by atoms with Gasteiger partial charge in [-0.3, -0.25) is 14.4 Å². The highest BCUT2D eigenvalue weighted by Gasteiger charge is 2.19. The summed E-state index contributed by atoms with van der Waals surface area (Å²) in [5.41, 5.74) is 0. The first-order valence-electron chi connectivity index (χ1n) is 22.6. The fourth-order valence-corrected chi connectivity index (χ4v) is 6.70. The topological polar surface area (TPSA) is 78.9 Å². The summed E-state index contributed by atoms with van der Waals surface area (Å²) < 4.78 is 16.7. The fraction of sp³-hybridized carbons (Fsp3) is 0.935. The van der Waals surface area contributed by atoms with Gasteiger partial charge in [0.15, 0.2) is 6.10 Å². The van der Waals surface area contributed by atoms with Crippen LogP contribution in [0.1, 0.15) is 241 Å². The molecule has 0 saturated heterocycles. The molecular weight excluding hydrogens is 648 g/mol. The number of hydrogen-bond donors (Lipinski definition) is 0. The van der Waals surface area contributed by atoms with Gasteiger partial charge < -0.3 is 14.2 Å². The molecule has 0 unspecified atom stereocenters. The molecule has 0 aliphatic carbocycles. The molecule has 0 saturated carbocycles. The first kappa shape index (κ1) is 50.4. The number of unbranched alkanes of at least 4 members (excludes halogenated alkanes) is 22. The van der Waals surface area contributed by atoms with E-state index in [1.54, 1.807) is 0 Å². The second kappa shape index (κ2) is 37.7. The molecule has 0 aliphatic rings. The third-order valence-corrected chi connectivity index (χ3v) is 10.1. The van der Waals surface area contributed by atoms with E-state index in [-0.39, 0.29) is 31.1 Å². The third-order valence-electron chi connectivity index (χ3n) is 10.1. The largest absolute Gasteiger partial charge is 0.462 e. The van der Waals surface area contributed by atoms with E-state index in [9.17, 15) is 14.4 Å². The zero-order valence-corrected chi connectivity index (χ0v) is 35.6. The van der Waals surface area contributed by atoms with Crippen LogP contribution in [0, 0.1) is 17.8 Å². The lowest BCUT2D eigenvalue weighted by molar-refractivity contribution is -0.167. The first-order valence-corrected chi connectivity index (χ1v) is 22.6. The van der Waals surface area contributed by atoms with Gasteiger partial charge in [-0.2, -0.15) is 0 Å². The van der Waals surface area contributed by atoms with Crippen LogP contribution < -0.4 is 0 Å². The Morgan fingerprint density at radius 3 is 0.827 bits per heavy atom. The first-order chi connectivity index (χ1) is 25.1. The quantitative estimate of drug-likeness (QED) is 0.0355. The Kier molecular flexibility index (Phi) is 36.6. The standard InChI is InChI=1S/C46H88O6/c1-40(2)32-26-20-14-9-7-8-10-17-23-29-35-44(47)50-38-43(39-51-45(48)36-30-24-19-13-16-22-28-34-42(5)6)52-46(49)37-31-25-18-12-11-15-21-27-33-41(3)4/h40-43H,7-39H2,1-6H3/t43-/m1/s1. The van der Waals surface area contributed by atoms with E-state index < -0.39 is 6.10 Å². The van der Waals surface area contributed by atoms with Crippen LogP contribution in [0.2, 0.25) is 0 Å². The summed E-state index contributed by atoms with van der Waals surface area (Å²) in [7, 11) is 0. The Balaban J connectivity index is 4.34. The van der Waals surface area contributed by atoms with Gasteiger partial charge >= 0.3 is 17.9 Å². The van der Waals surface area contributed by atoms with Crippen LogP contribution in [0.15, 0.2) is 0 Å². The average molecular weight is 737 g/mol. The van der Waals surface area contributed by atoms with Gasteiger partial charge in [0.2, 0.25) is 0 Å². The molecule has 0 aromatic carbocycles. The molecule has 52 heavy (non-hydrogen) atoms. The van der Waals surface area contributed by atoms with Crippen molar-refractivity contribution >= 4 is 17.9 Å². The predicted molar refractivity (Wildman–Crippen MR) is 219 cm³/mol. The van der Waals surface area contributed by atoms with Crippen LogP contribution in [0.3, 0.4) is 0 Å². The molecule has 1 atom stereocenters. The normalized spacial score (nSPS) is 12.2. The van der Waals surface area contributed by atoms with Crippen LogP contribution in [-0.4, -0.2) is 37.2 Å². The number of rotatable bonds is 39.